The molecular formula is C21H18O. The van der Waals surface area contributed by atoms with Crippen molar-refractivity contribution in [1.29, 1.82) is 0 Å². The van der Waals surface area contributed by atoms with E-state index in [-0.39, 0.29) is 0 Å². The molecule has 0 atom stereocenters. The Kier molecular flexibility index (Phi) is 3.28. The first-order valence-corrected chi connectivity index (χ1v) is 7.70. The molecule has 0 fully saturated rings. The van der Waals surface area contributed by atoms with Gasteiger partial charge in [0.15, 0.2) is 0 Å². The Morgan fingerprint density at radius 2 is 1.09 bits per heavy atom. The third-order valence-electron chi connectivity index (χ3n) is 4.51. The van der Waals surface area contributed by atoms with Crippen LogP contribution in [0.3, 0.4) is 0 Å². The normalized spacial score (nSPS) is 16.0. The first kappa shape index (κ1) is 13.3. The van der Waals surface area contributed by atoms with Gasteiger partial charge in [-0.15, -0.1) is 0 Å². The maximum Gasteiger partial charge on any atom is 0.123 e. The monoisotopic (exact) mass is 286 g/mol. The molecule has 22 heavy (non-hydrogen) atoms. The van der Waals surface area contributed by atoms with E-state index in [0.717, 1.165) is 6.42 Å². The van der Waals surface area contributed by atoms with Crippen LogP contribution in [-0.4, -0.2) is 0 Å². The first-order chi connectivity index (χ1) is 10.9. The quantitative estimate of drug-likeness (QED) is 0.663. The fourth-order valence-electron chi connectivity index (χ4n) is 3.34. The SMILES string of the molecule is c1ccc(C2(c3ccccc3)Cc3ccccc3CO2)cc1. The average Bonchev–Trinajstić information content (AvgIpc) is 2.63. The summed E-state index contributed by atoms with van der Waals surface area (Å²) in [7, 11) is 0. The lowest BCUT2D eigenvalue weighted by molar-refractivity contribution is -0.0420. The average molecular weight is 286 g/mol. The van der Waals surface area contributed by atoms with Gasteiger partial charge in [-0.1, -0.05) is 84.9 Å². The second-order valence-electron chi connectivity index (χ2n) is 5.79. The third-order valence-corrected chi connectivity index (χ3v) is 4.51. The number of rotatable bonds is 2. The fraction of sp³-hybridized carbons (Fsp3) is 0.143. The molecule has 1 heterocycles. The van der Waals surface area contributed by atoms with Gasteiger partial charge in [-0.25, -0.2) is 0 Å². The van der Waals surface area contributed by atoms with Crippen LogP contribution in [0.15, 0.2) is 84.9 Å². The van der Waals surface area contributed by atoms with Crippen LogP contribution in [0.2, 0.25) is 0 Å². The minimum atomic E-state index is -0.392. The zero-order valence-electron chi connectivity index (χ0n) is 12.4. The van der Waals surface area contributed by atoms with Crippen LogP contribution in [0, 0.1) is 0 Å². The van der Waals surface area contributed by atoms with Crippen molar-refractivity contribution >= 4 is 0 Å². The van der Waals surface area contributed by atoms with Gasteiger partial charge in [-0.05, 0) is 22.3 Å². The van der Waals surface area contributed by atoms with E-state index in [4.69, 9.17) is 4.74 Å². The van der Waals surface area contributed by atoms with Gasteiger partial charge in [-0.3, -0.25) is 0 Å². The summed E-state index contributed by atoms with van der Waals surface area (Å²) in [4.78, 5) is 0. The van der Waals surface area contributed by atoms with Crippen molar-refractivity contribution in [3.05, 3.63) is 107 Å². The van der Waals surface area contributed by atoms with Crippen molar-refractivity contribution in [3.8, 4) is 0 Å². The topological polar surface area (TPSA) is 9.23 Å². The predicted octanol–water partition coefficient (Wildman–Crippen LogP) is 4.70. The third kappa shape index (κ3) is 2.15. The summed E-state index contributed by atoms with van der Waals surface area (Å²) in [5, 5.41) is 0. The van der Waals surface area contributed by atoms with Crippen molar-refractivity contribution in [1.82, 2.24) is 0 Å². The highest BCUT2D eigenvalue weighted by atomic mass is 16.5. The molecule has 3 aromatic rings. The van der Waals surface area contributed by atoms with Gasteiger partial charge in [0.2, 0.25) is 0 Å². The zero-order valence-corrected chi connectivity index (χ0v) is 12.4. The van der Waals surface area contributed by atoms with Crippen molar-refractivity contribution in [2.24, 2.45) is 0 Å². The fourth-order valence-corrected chi connectivity index (χ4v) is 3.34. The van der Waals surface area contributed by atoms with Crippen LogP contribution in [-0.2, 0) is 23.4 Å². The van der Waals surface area contributed by atoms with Gasteiger partial charge < -0.3 is 4.74 Å². The van der Waals surface area contributed by atoms with E-state index in [2.05, 4.69) is 84.9 Å². The number of ether oxygens (including phenoxy) is 1. The summed E-state index contributed by atoms with van der Waals surface area (Å²) >= 11 is 0. The van der Waals surface area contributed by atoms with Crippen LogP contribution in [0.4, 0.5) is 0 Å². The van der Waals surface area contributed by atoms with E-state index in [0.29, 0.717) is 6.61 Å². The van der Waals surface area contributed by atoms with E-state index in [1.54, 1.807) is 0 Å². The minimum Gasteiger partial charge on any atom is -0.361 e. The molecule has 0 saturated heterocycles. The van der Waals surface area contributed by atoms with Crippen molar-refractivity contribution in [2.45, 2.75) is 18.6 Å². The largest absolute Gasteiger partial charge is 0.361 e. The summed E-state index contributed by atoms with van der Waals surface area (Å²) in [6.45, 7) is 0.653. The smallest absolute Gasteiger partial charge is 0.123 e. The molecule has 4 rings (SSSR count). The maximum absolute atomic E-state index is 6.46. The first-order valence-electron chi connectivity index (χ1n) is 7.70. The lowest BCUT2D eigenvalue weighted by Crippen LogP contribution is -2.37. The Balaban J connectivity index is 1.89. The number of fused-ring (bicyclic) bond motifs is 1. The van der Waals surface area contributed by atoms with E-state index in [1.165, 1.54) is 22.3 Å². The highest BCUT2D eigenvalue weighted by Crippen LogP contribution is 2.41. The lowest BCUT2D eigenvalue weighted by atomic mass is 9.78. The molecule has 0 aliphatic carbocycles. The molecule has 1 aliphatic rings. The summed E-state index contributed by atoms with van der Waals surface area (Å²) in [6, 6.07) is 29.7. The Labute approximate surface area is 131 Å². The Morgan fingerprint density at radius 3 is 1.68 bits per heavy atom. The number of hydrogen-bond donors (Lipinski definition) is 0. The predicted molar refractivity (Wildman–Crippen MR) is 88.6 cm³/mol. The van der Waals surface area contributed by atoms with Crippen molar-refractivity contribution in [3.63, 3.8) is 0 Å². The molecule has 0 radical (unpaired) electrons. The molecule has 0 bridgehead atoms. The molecular weight excluding hydrogens is 268 g/mol. The van der Waals surface area contributed by atoms with Crippen LogP contribution in [0.25, 0.3) is 0 Å². The zero-order chi connectivity index (χ0) is 14.8. The van der Waals surface area contributed by atoms with Gasteiger partial charge in [0, 0.05) is 6.42 Å². The molecule has 108 valence electrons. The summed E-state index contributed by atoms with van der Waals surface area (Å²) in [5.41, 5.74) is 4.72. The van der Waals surface area contributed by atoms with E-state index >= 15 is 0 Å². The standard InChI is InChI=1S/C21H18O/c1-3-11-19(12-4-1)21(20-13-5-2-6-14-20)15-17-9-7-8-10-18(17)16-22-21/h1-14H,15-16H2. The van der Waals surface area contributed by atoms with E-state index in [1.807, 2.05) is 0 Å². The molecule has 0 unspecified atom stereocenters. The number of benzene rings is 3. The lowest BCUT2D eigenvalue weighted by Gasteiger charge is -2.39. The van der Waals surface area contributed by atoms with Gasteiger partial charge >= 0.3 is 0 Å². The van der Waals surface area contributed by atoms with Gasteiger partial charge in [0.25, 0.3) is 0 Å². The van der Waals surface area contributed by atoms with Crippen LogP contribution < -0.4 is 0 Å². The molecule has 1 nitrogen and oxygen atoms in total. The second kappa shape index (κ2) is 5.43. The Morgan fingerprint density at radius 1 is 0.591 bits per heavy atom. The summed E-state index contributed by atoms with van der Waals surface area (Å²) in [5.74, 6) is 0. The molecule has 1 aliphatic heterocycles. The van der Waals surface area contributed by atoms with Crippen LogP contribution in [0.5, 0.6) is 0 Å². The molecule has 1 heteroatoms. The number of hydrogen-bond acceptors (Lipinski definition) is 1. The van der Waals surface area contributed by atoms with Crippen LogP contribution in [0.1, 0.15) is 22.3 Å². The van der Waals surface area contributed by atoms with Gasteiger partial charge in [0.1, 0.15) is 5.60 Å². The Hall–Kier alpha value is -2.38. The Bertz CT molecular complexity index is 723. The molecule has 0 aromatic heterocycles. The molecule has 0 N–H and O–H groups in total. The molecule has 0 amide bonds. The van der Waals surface area contributed by atoms with Crippen molar-refractivity contribution < 1.29 is 4.74 Å². The van der Waals surface area contributed by atoms with E-state index in [9.17, 15) is 0 Å². The van der Waals surface area contributed by atoms with Gasteiger partial charge in [0.05, 0.1) is 6.61 Å². The van der Waals surface area contributed by atoms with Gasteiger partial charge in [-0.2, -0.15) is 0 Å². The summed E-state index contributed by atoms with van der Waals surface area (Å²) < 4.78 is 6.46. The highest BCUT2D eigenvalue weighted by Gasteiger charge is 2.38. The summed E-state index contributed by atoms with van der Waals surface area (Å²) in [6.07, 6.45) is 0.872. The molecule has 0 saturated carbocycles. The van der Waals surface area contributed by atoms with E-state index < -0.39 is 5.60 Å². The highest BCUT2D eigenvalue weighted by molar-refractivity contribution is 5.42. The minimum absolute atomic E-state index is 0.392. The maximum atomic E-state index is 6.46. The molecule has 3 aromatic carbocycles. The van der Waals surface area contributed by atoms with Crippen LogP contribution >= 0.6 is 0 Å². The second-order valence-corrected chi connectivity index (χ2v) is 5.79. The molecule has 0 spiro atoms. The van der Waals surface area contributed by atoms with Crippen molar-refractivity contribution in [2.75, 3.05) is 0 Å².